The molecule has 1 aliphatic heterocycles. The smallest absolute Gasteiger partial charge is 0.376 e. The van der Waals surface area contributed by atoms with Crippen LogP contribution in [-0.4, -0.2) is 4.92 Å². The topological polar surface area (TPSA) is 55.2 Å². The van der Waals surface area contributed by atoms with Crippen molar-refractivity contribution < 1.29 is 18.1 Å². The molecule has 4 rings (SSSR count). The number of hydrogen-bond donors (Lipinski definition) is 1. The largest absolute Gasteiger partial charge is 0.416 e. The fraction of sp³-hybridized carbons (Fsp3) is 0.263. The first kappa shape index (κ1) is 17.9. The Labute approximate surface area is 157 Å². The summed E-state index contributed by atoms with van der Waals surface area (Å²) in [5.74, 6) is -0.546. The molecule has 3 atom stereocenters. The van der Waals surface area contributed by atoms with Crippen LogP contribution < -0.4 is 5.32 Å². The Morgan fingerprint density at radius 3 is 2.48 bits per heavy atom. The van der Waals surface area contributed by atoms with Gasteiger partial charge in [0, 0.05) is 18.1 Å². The molecule has 0 aromatic heterocycles. The molecule has 0 bridgehead atoms. The molecule has 2 aromatic carbocycles. The third-order valence-electron chi connectivity index (χ3n) is 5.24. The van der Waals surface area contributed by atoms with Crippen LogP contribution >= 0.6 is 11.6 Å². The molecule has 1 heterocycles. The van der Waals surface area contributed by atoms with Crippen molar-refractivity contribution in [2.75, 3.05) is 5.32 Å². The van der Waals surface area contributed by atoms with Gasteiger partial charge in [0.15, 0.2) is 0 Å². The molecule has 140 valence electrons. The van der Waals surface area contributed by atoms with Crippen molar-refractivity contribution in [3.63, 3.8) is 0 Å². The summed E-state index contributed by atoms with van der Waals surface area (Å²) in [5.41, 5.74) is 0.513. The van der Waals surface area contributed by atoms with Gasteiger partial charge in [-0.15, -0.1) is 0 Å². The molecular formula is C19H14ClF3N2O2. The van der Waals surface area contributed by atoms with Gasteiger partial charge in [-0.3, -0.25) is 10.1 Å². The lowest BCUT2D eigenvalue weighted by atomic mass is 9.75. The van der Waals surface area contributed by atoms with Gasteiger partial charge >= 0.3 is 6.18 Å². The SMILES string of the molecule is O=[N+]([O-])c1ccc([C@@H]2Nc3c(Cl)ccc(C(F)(F)F)c3[C@H]3C=CC[C@@H]32)cc1. The first-order chi connectivity index (χ1) is 12.8. The highest BCUT2D eigenvalue weighted by Crippen LogP contribution is 2.54. The van der Waals surface area contributed by atoms with Gasteiger partial charge < -0.3 is 5.32 Å². The van der Waals surface area contributed by atoms with E-state index in [0.717, 1.165) is 11.6 Å². The maximum absolute atomic E-state index is 13.5. The van der Waals surface area contributed by atoms with Gasteiger partial charge in [-0.05, 0) is 35.6 Å². The number of halogens is 4. The zero-order valence-electron chi connectivity index (χ0n) is 13.8. The number of nitro groups is 1. The molecule has 1 N–H and O–H groups in total. The van der Waals surface area contributed by atoms with E-state index in [1.54, 1.807) is 18.2 Å². The predicted molar refractivity (Wildman–Crippen MR) is 95.9 cm³/mol. The van der Waals surface area contributed by atoms with Crippen LogP contribution in [0.4, 0.5) is 24.5 Å². The van der Waals surface area contributed by atoms with Crippen molar-refractivity contribution >= 4 is 23.0 Å². The maximum Gasteiger partial charge on any atom is 0.416 e. The Hall–Kier alpha value is -2.54. The molecule has 8 heteroatoms. The summed E-state index contributed by atoms with van der Waals surface area (Å²) >= 11 is 6.23. The summed E-state index contributed by atoms with van der Waals surface area (Å²) in [4.78, 5) is 10.4. The Kier molecular flexibility index (Phi) is 4.14. The molecular weight excluding hydrogens is 381 g/mol. The summed E-state index contributed by atoms with van der Waals surface area (Å²) in [5, 5.41) is 14.3. The summed E-state index contributed by atoms with van der Waals surface area (Å²) < 4.78 is 40.6. The number of anilines is 1. The molecule has 0 spiro atoms. The molecule has 1 aliphatic carbocycles. The Balaban J connectivity index is 1.82. The third kappa shape index (κ3) is 2.96. The Bertz CT molecular complexity index is 941. The van der Waals surface area contributed by atoms with Crippen LogP contribution in [-0.2, 0) is 6.18 Å². The Morgan fingerprint density at radius 1 is 1.15 bits per heavy atom. The zero-order chi connectivity index (χ0) is 19.3. The first-order valence-electron chi connectivity index (χ1n) is 8.34. The molecule has 27 heavy (non-hydrogen) atoms. The van der Waals surface area contributed by atoms with Crippen LogP contribution in [0, 0.1) is 16.0 Å². The highest BCUT2D eigenvalue weighted by atomic mass is 35.5. The summed E-state index contributed by atoms with van der Waals surface area (Å²) in [6.45, 7) is 0. The zero-order valence-corrected chi connectivity index (χ0v) is 14.6. The second kappa shape index (κ2) is 6.27. The van der Waals surface area contributed by atoms with Gasteiger partial charge in [0.2, 0.25) is 0 Å². The number of nitro benzene ring substituents is 1. The van der Waals surface area contributed by atoms with E-state index < -0.39 is 22.6 Å². The quantitative estimate of drug-likeness (QED) is 0.380. The summed E-state index contributed by atoms with van der Waals surface area (Å²) in [7, 11) is 0. The normalized spacial score (nSPS) is 23.5. The molecule has 0 unspecified atom stereocenters. The van der Waals surface area contributed by atoms with Crippen LogP contribution in [0.15, 0.2) is 48.6 Å². The van der Waals surface area contributed by atoms with Crippen LogP contribution in [0.5, 0.6) is 0 Å². The average molecular weight is 395 g/mol. The van der Waals surface area contributed by atoms with Crippen molar-refractivity contribution in [3.05, 3.63) is 80.4 Å². The number of benzene rings is 2. The van der Waals surface area contributed by atoms with Crippen LogP contribution in [0.1, 0.15) is 35.1 Å². The maximum atomic E-state index is 13.5. The van der Waals surface area contributed by atoms with E-state index in [2.05, 4.69) is 5.32 Å². The first-order valence-corrected chi connectivity index (χ1v) is 8.72. The number of nitrogens with zero attached hydrogens (tertiary/aromatic N) is 1. The minimum absolute atomic E-state index is 0.0338. The average Bonchev–Trinajstić information content (AvgIpc) is 3.10. The standard InChI is InChI=1S/C19H14ClF3N2O2/c20-15-9-8-14(19(21,22)23)16-12-2-1-3-13(12)17(24-18(15)16)10-4-6-11(7-5-10)25(26)27/h1-2,4-9,12-13,17,24H,3H2/t12-,13-,17-/m0/s1. The molecule has 0 fully saturated rings. The van der Waals surface area contributed by atoms with E-state index in [9.17, 15) is 23.3 Å². The molecule has 0 saturated heterocycles. The van der Waals surface area contributed by atoms with Crippen molar-refractivity contribution in [1.29, 1.82) is 0 Å². The van der Waals surface area contributed by atoms with Crippen molar-refractivity contribution in [3.8, 4) is 0 Å². The fourth-order valence-electron chi connectivity index (χ4n) is 4.05. The van der Waals surface area contributed by atoms with Gasteiger partial charge in [0.1, 0.15) is 0 Å². The van der Waals surface area contributed by atoms with Crippen LogP contribution in [0.3, 0.4) is 0 Å². The van der Waals surface area contributed by atoms with Crippen molar-refractivity contribution in [1.82, 2.24) is 0 Å². The van der Waals surface area contributed by atoms with Crippen molar-refractivity contribution in [2.45, 2.75) is 24.6 Å². The van der Waals surface area contributed by atoms with E-state index >= 15 is 0 Å². The molecule has 0 amide bonds. The molecule has 4 nitrogen and oxygen atoms in total. The summed E-state index contributed by atoms with van der Waals surface area (Å²) in [6.07, 6.45) is -0.181. The fourth-order valence-corrected chi connectivity index (χ4v) is 4.27. The minimum atomic E-state index is -4.47. The van der Waals surface area contributed by atoms with Crippen LogP contribution in [0.25, 0.3) is 0 Å². The lowest BCUT2D eigenvalue weighted by Gasteiger charge is -2.39. The molecule has 2 aromatic rings. The van der Waals surface area contributed by atoms with E-state index in [1.165, 1.54) is 18.2 Å². The lowest BCUT2D eigenvalue weighted by Crippen LogP contribution is -2.31. The number of rotatable bonds is 2. The number of alkyl halides is 3. The molecule has 0 radical (unpaired) electrons. The summed E-state index contributed by atoms with van der Waals surface area (Å²) in [6, 6.07) is 8.06. The predicted octanol–water partition coefficient (Wildman–Crippen LogP) is 6.09. The molecule has 2 aliphatic rings. The van der Waals surface area contributed by atoms with E-state index in [-0.39, 0.29) is 33.9 Å². The third-order valence-corrected chi connectivity index (χ3v) is 5.55. The number of nitrogens with one attached hydrogen (secondary N) is 1. The van der Waals surface area contributed by atoms with Gasteiger partial charge in [-0.25, -0.2) is 0 Å². The highest BCUT2D eigenvalue weighted by molar-refractivity contribution is 6.33. The number of non-ortho nitro benzene ring substituents is 1. The molecule has 0 saturated carbocycles. The van der Waals surface area contributed by atoms with Gasteiger partial charge in [-0.2, -0.15) is 13.2 Å². The highest BCUT2D eigenvalue weighted by Gasteiger charge is 2.44. The van der Waals surface area contributed by atoms with Gasteiger partial charge in [-0.1, -0.05) is 35.9 Å². The van der Waals surface area contributed by atoms with Gasteiger partial charge in [0.25, 0.3) is 5.69 Å². The van der Waals surface area contributed by atoms with E-state index in [1.807, 2.05) is 6.08 Å². The lowest BCUT2D eigenvalue weighted by molar-refractivity contribution is -0.384. The van der Waals surface area contributed by atoms with E-state index in [4.69, 9.17) is 11.6 Å². The van der Waals surface area contributed by atoms with E-state index in [0.29, 0.717) is 6.42 Å². The van der Waals surface area contributed by atoms with Gasteiger partial charge in [0.05, 0.1) is 27.2 Å². The van der Waals surface area contributed by atoms with Crippen molar-refractivity contribution in [2.24, 2.45) is 5.92 Å². The second-order valence-corrected chi connectivity index (χ2v) is 7.11. The number of allylic oxidation sites excluding steroid dienone is 2. The Morgan fingerprint density at radius 2 is 1.85 bits per heavy atom. The number of fused-ring (bicyclic) bond motifs is 3. The van der Waals surface area contributed by atoms with Crippen LogP contribution in [0.2, 0.25) is 5.02 Å². The minimum Gasteiger partial charge on any atom is -0.376 e. The number of hydrogen-bond acceptors (Lipinski definition) is 3. The second-order valence-electron chi connectivity index (χ2n) is 6.71. The monoisotopic (exact) mass is 394 g/mol.